The van der Waals surface area contributed by atoms with Gasteiger partial charge in [-0.05, 0) is 30.2 Å². The third-order valence-electron chi connectivity index (χ3n) is 3.14. The number of hydrogen-bond acceptors (Lipinski definition) is 4. The van der Waals surface area contributed by atoms with Gasteiger partial charge in [0.2, 0.25) is 0 Å². The van der Waals surface area contributed by atoms with Crippen LogP contribution in [0.25, 0.3) is 0 Å². The SMILES string of the molecule is CC(SCc1ccccc1)C(=O)NN=Cc1ccc(C#N)cc1. The molecular formula is C18H17N3OS. The summed E-state index contributed by atoms with van der Waals surface area (Å²) >= 11 is 1.57. The summed E-state index contributed by atoms with van der Waals surface area (Å²) in [6.07, 6.45) is 1.56. The maximum atomic E-state index is 12.0. The highest BCUT2D eigenvalue weighted by atomic mass is 32.2. The molecule has 23 heavy (non-hydrogen) atoms. The Labute approximate surface area is 140 Å². The van der Waals surface area contributed by atoms with Crippen molar-refractivity contribution in [3.63, 3.8) is 0 Å². The number of nitrogens with zero attached hydrogens (tertiary/aromatic N) is 2. The molecule has 1 N–H and O–H groups in total. The van der Waals surface area contributed by atoms with E-state index in [-0.39, 0.29) is 11.2 Å². The molecule has 1 atom stereocenters. The molecule has 4 nitrogen and oxygen atoms in total. The first-order chi connectivity index (χ1) is 11.2. The van der Waals surface area contributed by atoms with Gasteiger partial charge in [0.05, 0.1) is 23.1 Å². The second-order valence-corrected chi connectivity index (χ2v) is 6.24. The van der Waals surface area contributed by atoms with Crippen LogP contribution < -0.4 is 5.43 Å². The molecule has 0 radical (unpaired) electrons. The Bertz CT molecular complexity index is 705. The molecule has 5 heteroatoms. The van der Waals surface area contributed by atoms with Crippen LogP contribution in [-0.4, -0.2) is 17.4 Å². The normalized spacial score (nSPS) is 11.8. The van der Waals surface area contributed by atoms with Gasteiger partial charge in [-0.2, -0.15) is 10.4 Å². The number of hydrogen-bond donors (Lipinski definition) is 1. The van der Waals surface area contributed by atoms with Gasteiger partial charge < -0.3 is 0 Å². The summed E-state index contributed by atoms with van der Waals surface area (Å²) in [4.78, 5) is 12.0. The zero-order chi connectivity index (χ0) is 16.5. The van der Waals surface area contributed by atoms with Crippen molar-refractivity contribution in [1.29, 1.82) is 5.26 Å². The summed E-state index contributed by atoms with van der Waals surface area (Å²) in [5.74, 6) is 0.658. The standard InChI is InChI=1S/C18H17N3OS/c1-14(23-13-17-5-3-2-4-6-17)18(22)21-20-12-16-9-7-15(11-19)8-10-16/h2-10,12,14H,13H2,1H3,(H,21,22). The molecule has 1 unspecified atom stereocenters. The average Bonchev–Trinajstić information content (AvgIpc) is 2.61. The Balaban J connectivity index is 1.79. The number of nitrogens with one attached hydrogen (secondary N) is 1. The second kappa shape index (κ2) is 8.76. The number of carbonyl (C=O) groups is 1. The van der Waals surface area contributed by atoms with Crippen molar-refractivity contribution in [3.05, 3.63) is 71.3 Å². The molecule has 2 rings (SSSR count). The van der Waals surface area contributed by atoms with Crippen LogP contribution in [0.15, 0.2) is 59.7 Å². The maximum Gasteiger partial charge on any atom is 0.252 e. The monoisotopic (exact) mass is 323 g/mol. The molecule has 0 aliphatic carbocycles. The largest absolute Gasteiger partial charge is 0.272 e. The third-order valence-corrected chi connectivity index (χ3v) is 4.35. The van der Waals surface area contributed by atoms with E-state index in [0.29, 0.717) is 5.56 Å². The molecule has 0 saturated carbocycles. The number of carbonyl (C=O) groups excluding carboxylic acids is 1. The van der Waals surface area contributed by atoms with Crippen molar-refractivity contribution in [3.8, 4) is 6.07 Å². The Morgan fingerprint density at radius 3 is 2.61 bits per heavy atom. The van der Waals surface area contributed by atoms with E-state index in [0.717, 1.165) is 11.3 Å². The lowest BCUT2D eigenvalue weighted by Gasteiger charge is -2.09. The van der Waals surface area contributed by atoms with Gasteiger partial charge in [0, 0.05) is 5.75 Å². The van der Waals surface area contributed by atoms with Gasteiger partial charge in [-0.3, -0.25) is 4.79 Å². The van der Waals surface area contributed by atoms with Crippen molar-refractivity contribution < 1.29 is 4.79 Å². The second-order valence-electron chi connectivity index (χ2n) is 4.91. The molecule has 0 saturated heterocycles. The van der Waals surface area contributed by atoms with Gasteiger partial charge in [0.15, 0.2) is 0 Å². The van der Waals surface area contributed by atoms with Crippen LogP contribution in [0.4, 0.5) is 0 Å². The fraction of sp³-hybridized carbons (Fsp3) is 0.167. The van der Waals surface area contributed by atoms with E-state index >= 15 is 0 Å². The van der Waals surface area contributed by atoms with Crippen LogP contribution in [0, 0.1) is 11.3 Å². The summed E-state index contributed by atoms with van der Waals surface area (Å²) in [6.45, 7) is 1.86. The topological polar surface area (TPSA) is 65.2 Å². The first kappa shape index (κ1) is 16.8. The zero-order valence-electron chi connectivity index (χ0n) is 12.8. The van der Waals surface area contributed by atoms with Crippen molar-refractivity contribution in [2.45, 2.75) is 17.9 Å². The quantitative estimate of drug-likeness (QED) is 0.655. The van der Waals surface area contributed by atoms with Gasteiger partial charge in [-0.15, -0.1) is 11.8 Å². The van der Waals surface area contributed by atoms with E-state index in [1.54, 1.807) is 42.2 Å². The van der Waals surface area contributed by atoms with Gasteiger partial charge >= 0.3 is 0 Å². The van der Waals surface area contributed by atoms with Crippen LogP contribution in [-0.2, 0) is 10.5 Å². The molecular weight excluding hydrogens is 306 g/mol. The highest BCUT2D eigenvalue weighted by Gasteiger charge is 2.12. The fourth-order valence-electron chi connectivity index (χ4n) is 1.78. The van der Waals surface area contributed by atoms with E-state index in [4.69, 9.17) is 5.26 Å². The van der Waals surface area contributed by atoms with E-state index in [9.17, 15) is 4.79 Å². The molecule has 0 spiro atoms. The molecule has 0 aliphatic rings. The number of thioether (sulfide) groups is 1. The third kappa shape index (κ3) is 5.61. The highest BCUT2D eigenvalue weighted by Crippen LogP contribution is 2.17. The van der Waals surface area contributed by atoms with E-state index < -0.39 is 0 Å². The smallest absolute Gasteiger partial charge is 0.252 e. The average molecular weight is 323 g/mol. The molecule has 0 fully saturated rings. The van der Waals surface area contributed by atoms with Crippen molar-refractivity contribution in [2.24, 2.45) is 5.10 Å². The minimum absolute atomic E-state index is 0.129. The number of benzene rings is 2. The van der Waals surface area contributed by atoms with Crippen molar-refractivity contribution >= 4 is 23.9 Å². The molecule has 2 aromatic rings. The number of nitriles is 1. The van der Waals surface area contributed by atoms with Crippen LogP contribution in [0.1, 0.15) is 23.6 Å². The number of rotatable bonds is 6. The van der Waals surface area contributed by atoms with Gasteiger partial charge in [-0.25, -0.2) is 5.43 Å². The van der Waals surface area contributed by atoms with E-state index in [2.05, 4.69) is 16.6 Å². The molecule has 116 valence electrons. The summed E-state index contributed by atoms with van der Waals surface area (Å²) < 4.78 is 0. The van der Waals surface area contributed by atoms with E-state index in [1.165, 1.54) is 5.56 Å². The molecule has 0 bridgehead atoms. The van der Waals surface area contributed by atoms with Gasteiger partial charge in [0.1, 0.15) is 0 Å². The zero-order valence-corrected chi connectivity index (χ0v) is 13.6. The number of hydrazone groups is 1. The predicted octanol–water partition coefficient (Wildman–Crippen LogP) is 3.33. The fourth-order valence-corrected chi connectivity index (χ4v) is 2.62. The van der Waals surface area contributed by atoms with Gasteiger partial charge in [-0.1, -0.05) is 42.5 Å². The Hall–Kier alpha value is -2.58. The minimum atomic E-state index is -0.187. The van der Waals surface area contributed by atoms with E-state index in [1.807, 2.05) is 37.3 Å². The lowest BCUT2D eigenvalue weighted by molar-refractivity contribution is -0.120. The molecule has 0 aliphatic heterocycles. The summed E-state index contributed by atoms with van der Waals surface area (Å²) in [7, 11) is 0. The first-order valence-corrected chi connectivity index (χ1v) is 8.22. The number of amides is 1. The van der Waals surface area contributed by atoms with Crippen LogP contribution in [0.2, 0.25) is 0 Å². The summed E-state index contributed by atoms with van der Waals surface area (Å²) in [5, 5.41) is 12.5. The molecule has 1 amide bonds. The Morgan fingerprint density at radius 2 is 1.96 bits per heavy atom. The lowest BCUT2D eigenvalue weighted by Crippen LogP contribution is -2.26. The molecule has 0 aromatic heterocycles. The van der Waals surface area contributed by atoms with Crippen LogP contribution >= 0.6 is 11.8 Å². The van der Waals surface area contributed by atoms with Crippen molar-refractivity contribution in [1.82, 2.24) is 5.43 Å². The minimum Gasteiger partial charge on any atom is -0.272 e. The Morgan fingerprint density at radius 1 is 1.26 bits per heavy atom. The maximum absolute atomic E-state index is 12.0. The highest BCUT2D eigenvalue weighted by molar-refractivity contribution is 7.99. The predicted molar refractivity (Wildman–Crippen MR) is 94.1 cm³/mol. The van der Waals surface area contributed by atoms with Crippen molar-refractivity contribution in [2.75, 3.05) is 0 Å². The molecule has 0 heterocycles. The summed E-state index contributed by atoms with van der Waals surface area (Å²) in [5.41, 5.74) is 5.16. The lowest BCUT2D eigenvalue weighted by atomic mass is 10.2. The van der Waals surface area contributed by atoms with Gasteiger partial charge in [0.25, 0.3) is 5.91 Å². The molecule has 2 aromatic carbocycles. The first-order valence-electron chi connectivity index (χ1n) is 7.17. The Kier molecular flexibility index (Phi) is 6.40. The van der Waals surface area contributed by atoms with Crippen LogP contribution in [0.5, 0.6) is 0 Å². The van der Waals surface area contributed by atoms with Crippen LogP contribution in [0.3, 0.4) is 0 Å². The summed E-state index contributed by atoms with van der Waals surface area (Å²) in [6, 6.07) is 19.1.